The van der Waals surface area contributed by atoms with Crippen LogP contribution in [0.5, 0.6) is 0 Å². The van der Waals surface area contributed by atoms with Crippen LogP contribution in [0.15, 0.2) is 43.1 Å². The summed E-state index contributed by atoms with van der Waals surface area (Å²) in [4.78, 5) is 34.1. The van der Waals surface area contributed by atoms with Gasteiger partial charge in [-0.05, 0) is 12.1 Å². The first kappa shape index (κ1) is 13.3. The zero-order valence-corrected chi connectivity index (χ0v) is 10.2. The lowest BCUT2D eigenvalue weighted by molar-refractivity contribution is -0.131. The highest BCUT2D eigenvalue weighted by atomic mass is 16.4. The summed E-state index contributed by atoms with van der Waals surface area (Å²) in [6, 6.07) is 3.22. The Bertz CT molecular complexity index is 656. The summed E-state index contributed by atoms with van der Waals surface area (Å²) in [6.45, 7) is 0. The van der Waals surface area contributed by atoms with Gasteiger partial charge in [-0.2, -0.15) is 0 Å². The van der Waals surface area contributed by atoms with Gasteiger partial charge >= 0.3 is 5.97 Å². The van der Waals surface area contributed by atoms with E-state index in [2.05, 4.69) is 20.3 Å². The molecule has 0 fully saturated rings. The Morgan fingerprint density at radius 2 is 2.00 bits per heavy atom. The average molecular weight is 270 g/mol. The third-order valence-corrected chi connectivity index (χ3v) is 2.28. The van der Waals surface area contributed by atoms with Crippen molar-refractivity contribution in [3.05, 3.63) is 54.4 Å². The Morgan fingerprint density at radius 3 is 2.70 bits per heavy atom. The molecule has 0 aromatic carbocycles. The number of carbonyl (C=O) groups excluding carboxylic acids is 1. The minimum Gasteiger partial charge on any atom is -0.478 e. The van der Waals surface area contributed by atoms with Gasteiger partial charge in [0.05, 0.1) is 18.1 Å². The average Bonchev–Trinajstić information content (AvgIpc) is 2.46. The number of carboxylic acid groups (broad SMARTS) is 1. The van der Waals surface area contributed by atoms with Crippen molar-refractivity contribution in [1.29, 1.82) is 0 Å². The number of rotatable bonds is 4. The Morgan fingerprint density at radius 1 is 1.25 bits per heavy atom. The molecular weight excluding hydrogens is 260 g/mol. The first-order chi connectivity index (χ1) is 9.66. The standard InChI is InChI=1S/C13H10N4O3/c18-11(19)4-3-9-2-1-5-16-12(9)13(20)17-10-6-14-8-15-7-10/h1-8H,(H,17,20)(H,18,19)/b4-3+. The van der Waals surface area contributed by atoms with Gasteiger partial charge in [0, 0.05) is 17.8 Å². The van der Waals surface area contributed by atoms with E-state index >= 15 is 0 Å². The van der Waals surface area contributed by atoms with Crippen molar-refractivity contribution in [3.63, 3.8) is 0 Å². The van der Waals surface area contributed by atoms with Gasteiger partial charge in [0.2, 0.25) is 0 Å². The van der Waals surface area contributed by atoms with Crippen LogP contribution in [0.4, 0.5) is 5.69 Å². The highest BCUT2D eigenvalue weighted by molar-refractivity contribution is 6.05. The lowest BCUT2D eigenvalue weighted by Crippen LogP contribution is -2.15. The molecule has 2 aromatic rings. The van der Waals surface area contributed by atoms with Crippen LogP contribution >= 0.6 is 0 Å². The van der Waals surface area contributed by atoms with Crippen LogP contribution in [-0.4, -0.2) is 31.9 Å². The third kappa shape index (κ3) is 3.45. The number of aromatic nitrogens is 3. The van der Waals surface area contributed by atoms with Crippen LogP contribution in [-0.2, 0) is 4.79 Å². The summed E-state index contributed by atoms with van der Waals surface area (Å²) in [5, 5.41) is 11.2. The van der Waals surface area contributed by atoms with E-state index in [9.17, 15) is 9.59 Å². The van der Waals surface area contributed by atoms with Crippen LogP contribution in [0.2, 0.25) is 0 Å². The molecular formula is C13H10N4O3. The van der Waals surface area contributed by atoms with E-state index in [0.29, 0.717) is 11.3 Å². The second-order valence-electron chi connectivity index (χ2n) is 3.69. The molecule has 0 saturated carbocycles. The van der Waals surface area contributed by atoms with Crippen molar-refractivity contribution < 1.29 is 14.7 Å². The number of hydrogen-bond acceptors (Lipinski definition) is 5. The van der Waals surface area contributed by atoms with Crippen LogP contribution in [0, 0.1) is 0 Å². The molecule has 1 amide bonds. The topological polar surface area (TPSA) is 105 Å². The summed E-state index contributed by atoms with van der Waals surface area (Å²) < 4.78 is 0. The van der Waals surface area contributed by atoms with E-state index in [-0.39, 0.29) is 5.69 Å². The lowest BCUT2D eigenvalue weighted by atomic mass is 10.1. The third-order valence-electron chi connectivity index (χ3n) is 2.28. The van der Waals surface area contributed by atoms with E-state index in [4.69, 9.17) is 5.11 Å². The molecule has 0 aliphatic heterocycles. The maximum absolute atomic E-state index is 12.1. The number of nitrogens with one attached hydrogen (secondary N) is 1. The second-order valence-corrected chi connectivity index (χ2v) is 3.69. The molecule has 0 unspecified atom stereocenters. The summed E-state index contributed by atoms with van der Waals surface area (Å²) in [5.41, 5.74) is 0.953. The smallest absolute Gasteiger partial charge is 0.328 e. The highest BCUT2D eigenvalue weighted by Crippen LogP contribution is 2.10. The number of anilines is 1. The highest BCUT2D eigenvalue weighted by Gasteiger charge is 2.11. The maximum atomic E-state index is 12.1. The molecule has 0 radical (unpaired) electrons. The minimum atomic E-state index is -1.10. The molecule has 0 spiro atoms. The molecule has 2 aromatic heterocycles. The number of nitrogens with zero attached hydrogens (tertiary/aromatic N) is 3. The molecule has 0 saturated heterocycles. The number of hydrogen-bond donors (Lipinski definition) is 2. The Kier molecular flexibility index (Phi) is 4.13. The summed E-state index contributed by atoms with van der Waals surface area (Å²) in [5.74, 6) is -1.57. The Labute approximate surface area is 114 Å². The number of aliphatic carboxylic acids is 1. The number of amides is 1. The van der Waals surface area contributed by atoms with Crippen molar-refractivity contribution >= 4 is 23.6 Å². The maximum Gasteiger partial charge on any atom is 0.328 e. The molecule has 20 heavy (non-hydrogen) atoms. The molecule has 7 heteroatoms. The quantitative estimate of drug-likeness (QED) is 0.809. The van der Waals surface area contributed by atoms with Crippen molar-refractivity contribution in [2.24, 2.45) is 0 Å². The number of pyridine rings is 1. The van der Waals surface area contributed by atoms with Gasteiger partial charge in [-0.25, -0.2) is 14.8 Å². The summed E-state index contributed by atoms with van der Waals surface area (Å²) in [7, 11) is 0. The Hall–Kier alpha value is -3.09. The molecule has 2 rings (SSSR count). The predicted molar refractivity (Wildman–Crippen MR) is 70.9 cm³/mol. The second kappa shape index (κ2) is 6.19. The lowest BCUT2D eigenvalue weighted by Gasteiger charge is -2.05. The van der Waals surface area contributed by atoms with Crippen LogP contribution in [0.3, 0.4) is 0 Å². The van der Waals surface area contributed by atoms with E-state index in [1.807, 2.05) is 0 Å². The molecule has 0 bridgehead atoms. The molecule has 2 N–H and O–H groups in total. The molecule has 100 valence electrons. The van der Waals surface area contributed by atoms with Crippen LogP contribution < -0.4 is 5.32 Å². The van der Waals surface area contributed by atoms with E-state index in [1.165, 1.54) is 31.0 Å². The summed E-state index contributed by atoms with van der Waals surface area (Å²) >= 11 is 0. The molecule has 0 atom stereocenters. The fourth-order valence-corrected chi connectivity index (χ4v) is 1.46. The summed E-state index contributed by atoms with van der Waals surface area (Å²) in [6.07, 6.45) is 7.94. The van der Waals surface area contributed by atoms with Crippen LogP contribution in [0.25, 0.3) is 6.08 Å². The van der Waals surface area contributed by atoms with Gasteiger partial charge < -0.3 is 10.4 Å². The van der Waals surface area contributed by atoms with E-state index < -0.39 is 11.9 Å². The minimum absolute atomic E-state index is 0.119. The molecule has 2 heterocycles. The fraction of sp³-hybridized carbons (Fsp3) is 0. The van der Waals surface area contributed by atoms with Crippen molar-refractivity contribution in [1.82, 2.24) is 15.0 Å². The van der Waals surface area contributed by atoms with E-state index in [0.717, 1.165) is 6.08 Å². The van der Waals surface area contributed by atoms with Gasteiger partial charge in [0.25, 0.3) is 5.91 Å². The fourth-order valence-electron chi connectivity index (χ4n) is 1.46. The number of carbonyl (C=O) groups is 2. The SMILES string of the molecule is O=C(O)/C=C/c1cccnc1C(=O)Nc1cncnc1. The zero-order valence-electron chi connectivity index (χ0n) is 10.2. The Balaban J connectivity index is 2.24. The molecule has 7 nitrogen and oxygen atoms in total. The molecule has 0 aliphatic carbocycles. The van der Waals surface area contributed by atoms with Crippen molar-refractivity contribution in [2.75, 3.05) is 5.32 Å². The van der Waals surface area contributed by atoms with Crippen molar-refractivity contribution in [3.8, 4) is 0 Å². The van der Waals surface area contributed by atoms with Gasteiger partial charge in [0.1, 0.15) is 12.0 Å². The van der Waals surface area contributed by atoms with Gasteiger partial charge in [-0.1, -0.05) is 6.07 Å². The number of carboxylic acids is 1. The van der Waals surface area contributed by atoms with E-state index in [1.54, 1.807) is 12.1 Å². The van der Waals surface area contributed by atoms with Gasteiger partial charge in [0.15, 0.2) is 0 Å². The molecule has 0 aliphatic rings. The van der Waals surface area contributed by atoms with Gasteiger partial charge in [-0.3, -0.25) is 9.78 Å². The zero-order chi connectivity index (χ0) is 14.4. The van der Waals surface area contributed by atoms with Crippen LogP contribution in [0.1, 0.15) is 16.1 Å². The normalized spacial score (nSPS) is 10.4. The van der Waals surface area contributed by atoms with Crippen molar-refractivity contribution in [2.45, 2.75) is 0 Å². The predicted octanol–water partition coefficient (Wildman–Crippen LogP) is 1.22. The largest absolute Gasteiger partial charge is 0.478 e. The van der Waals surface area contributed by atoms with Gasteiger partial charge in [-0.15, -0.1) is 0 Å². The first-order valence-corrected chi connectivity index (χ1v) is 5.59. The first-order valence-electron chi connectivity index (χ1n) is 5.59. The monoisotopic (exact) mass is 270 g/mol.